The highest BCUT2D eigenvalue weighted by Gasteiger charge is 2.29. The maximum Gasteiger partial charge on any atom is 0.341 e. The highest BCUT2D eigenvalue weighted by atomic mass is 79.9. The normalized spacial score (nSPS) is 41.6. The topological polar surface area (TPSA) is 35.5 Å². The van der Waals surface area contributed by atoms with Gasteiger partial charge >= 0.3 is 7.60 Å². The number of halogens is 1. The quantitative estimate of drug-likeness (QED) is 0.511. The summed E-state index contributed by atoms with van der Waals surface area (Å²) in [5.74, 6) is 0. The zero-order valence-corrected chi connectivity index (χ0v) is 8.23. The van der Waals surface area contributed by atoms with Crippen LogP contribution in [0.4, 0.5) is 0 Å². The lowest BCUT2D eigenvalue weighted by molar-refractivity contribution is 0.0951. The van der Waals surface area contributed by atoms with E-state index in [0.717, 1.165) is 6.42 Å². The number of hydrogen-bond donors (Lipinski definition) is 0. The molecule has 1 aliphatic rings. The average Bonchev–Trinajstić information content (AvgIpc) is 1.88. The molecule has 1 heterocycles. The van der Waals surface area contributed by atoms with Crippen molar-refractivity contribution >= 4 is 23.5 Å². The molecule has 1 aliphatic heterocycles. The number of rotatable bonds is 1. The molecule has 0 aromatic heterocycles. The van der Waals surface area contributed by atoms with Crippen LogP contribution in [0.15, 0.2) is 0 Å². The molecule has 0 N–H and O–H groups in total. The molecule has 1 saturated heterocycles. The minimum atomic E-state index is -2.73. The fourth-order valence-corrected chi connectivity index (χ4v) is 2.79. The van der Waals surface area contributed by atoms with Gasteiger partial charge in [-0.15, -0.1) is 0 Å². The largest absolute Gasteiger partial charge is 0.341 e. The predicted octanol–water partition coefficient (Wildman–Crippen LogP) is 2.36. The van der Waals surface area contributed by atoms with Gasteiger partial charge in [0.15, 0.2) is 0 Å². The predicted molar refractivity (Wildman–Crippen MR) is 42.5 cm³/mol. The third-order valence-electron chi connectivity index (χ3n) is 1.30. The van der Waals surface area contributed by atoms with Gasteiger partial charge in [0.1, 0.15) is 5.07 Å². The summed E-state index contributed by atoms with van der Waals surface area (Å²) in [6.45, 7) is 2.45. The van der Waals surface area contributed by atoms with Crippen molar-refractivity contribution in [3.63, 3.8) is 0 Å². The molecule has 60 valence electrons. The van der Waals surface area contributed by atoms with Gasteiger partial charge in [-0.1, -0.05) is 15.9 Å². The molecule has 0 saturated carbocycles. The molecule has 1 rings (SSSR count). The van der Waals surface area contributed by atoms with Crippen molar-refractivity contribution in [3.8, 4) is 0 Å². The SMILES string of the molecule is CC1CCOP(=O)(CBr)O1. The molecule has 0 bridgehead atoms. The Hall–Kier alpha value is 0.630. The molecule has 10 heavy (non-hydrogen) atoms. The summed E-state index contributed by atoms with van der Waals surface area (Å²) in [6, 6.07) is 0. The van der Waals surface area contributed by atoms with Crippen LogP contribution in [0.25, 0.3) is 0 Å². The Balaban J connectivity index is 2.54. The van der Waals surface area contributed by atoms with Gasteiger partial charge in [0.2, 0.25) is 0 Å². The maximum absolute atomic E-state index is 11.3. The molecule has 5 heteroatoms. The van der Waals surface area contributed by atoms with E-state index < -0.39 is 7.60 Å². The van der Waals surface area contributed by atoms with E-state index in [1.165, 1.54) is 0 Å². The summed E-state index contributed by atoms with van der Waals surface area (Å²) < 4.78 is 21.4. The summed E-state index contributed by atoms with van der Waals surface area (Å²) in [7, 11) is -2.73. The lowest BCUT2D eigenvalue weighted by atomic mass is 10.3. The van der Waals surface area contributed by atoms with Gasteiger partial charge < -0.3 is 9.05 Å². The first kappa shape index (κ1) is 8.72. The first-order chi connectivity index (χ1) is 4.66. The first-order valence-corrected chi connectivity index (χ1v) is 5.99. The fourth-order valence-electron chi connectivity index (χ4n) is 0.778. The Kier molecular flexibility index (Phi) is 2.92. The van der Waals surface area contributed by atoms with E-state index in [-0.39, 0.29) is 6.10 Å². The van der Waals surface area contributed by atoms with E-state index in [1.54, 1.807) is 0 Å². The number of hydrogen-bond acceptors (Lipinski definition) is 3. The van der Waals surface area contributed by atoms with Crippen LogP contribution in [-0.2, 0) is 13.6 Å². The zero-order valence-electron chi connectivity index (χ0n) is 5.75. The lowest BCUT2D eigenvalue weighted by Gasteiger charge is -2.25. The molecule has 1 fully saturated rings. The fraction of sp³-hybridized carbons (Fsp3) is 1.00. The Bertz CT molecular complexity index is 161. The third-order valence-corrected chi connectivity index (χ3v) is 4.69. The van der Waals surface area contributed by atoms with Crippen molar-refractivity contribution in [3.05, 3.63) is 0 Å². The molecule has 0 aromatic carbocycles. The van der Waals surface area contributed by atoms with E-state index in [9.17, 15) is 4.57 Å². The monoisotopic (exact) mass is 228 g/mol. The van der Waals surface area contributed by atoms with Crippen molar-refractivity contribution in [2.75, 3.05) is 11.7 Å². The summed E-state index contributed by atoms with van der Waals surface area (Å²) in [4.78, 5) is 0. The molecule has 0 aromatic rings. The van der Waals surface area contributed by atoms with E-state index in [2.05, 4.69) is 15.9 Å². The van der Waals surface area contributed by atoms with Crippen LogP contribution in [0.2, 0.25) is 0 Å². The van der Waals surface area contributed by atoms with Crippen LogP contribution < -0.4 is 0 Å². The van der Waals surface area contributed by atoms with E-state index in [0.29, 0.717) is 11.7 Å². The number of alkyl halides is 1. The van der Waals surface area contributed by atoms with Gasteiger partial charge in [-0.05, 0) is 13.3 Å². The van der Waals surface area contributed by atoms with E-state index in [4.69, 9.17) is 9.05 Å². The summed E-state index contributed by atoms with van der Waals surface area (Å²) in [5, 5.41) is 0.296. The van der Waals surface area contributed by atoms with E-state index >= 15 is 0 Å². The minimum Gasteiger partial charge on any atom is -0.308 e. The second kappa shape index (κ2) is 3.35. The van der Waals surface area contributed by atoms with Crippen LogP contribution in [0.1, 0.15) is 13.3 Å². The standard InChI is InChI=1S/C5H10BrO3P/c1-5-2-3-8-10(7,4-6)9-5/h5H,2-4H2,1H3. The van der Waals surface area contributed by atoms with Crippen molar-refractivity contribution in [1.82, 2.24) is 0 Å². The molecular formula is C5H10BrO3P. The van der Waals surface area contributed by atoms with E-state index in [1.807, 2.05) is 6.92 Å². The van der Waals surface area contributed by atoms with Crippen LogP contribution in [0.3, 0.4) is 0 Å². The minimum absolute atomic E-state index is 0.0668. The van der Waals surface area contributed by atoms with Gasteiger partial charge in [0.25, 0.3) is 0 Å². The van der Waals surface area contributed by atoms with Gasteiger partial charge in [-0.2, -0.15) is 0 Å². The van der Waals surface area contributed by atoms with Crippen molar-refractivity contribution < 1.29 is 13.6 Å². The van der Waals surface area contributed by atoms with Gasteiger partial charge in [-0.25, -0.2) is 0 Å². The highest BCUT2D eigenvalue weighted by Crippen LogP contribution is 2.53. The summed E-state index contributed by atoms with van der Waals surface area (Å²) in [6.07, 6.45) is 0.897. The highest BCUT2D eigenvalue weighted by molar-refractivity contribution is 9.10. The molecule has 3 nitrogen and oxygen atoms in total. The Morgan fingerprint density at radius 3 is 2.90 bits per heavy atom. The van der Waals surface area contributed by atoms with Crippen molar-refractivity contribution in [2.45, 2.75) is 19.4 Å². The molecule has 0 radical (unpaired) electrons. The van der Waals surface area contributed by atoms with Crippen LogP contribution >= 0.6 is 23.5 Å². The van der Waals surface area contributed by atoms with Gasteiger partial charge in [0.05, 0.1) is 12.7 Å². The summed E-state index contributed by atoms with van der Waals surface area (Å²) in [5.41, 5.74) is 0. The molecule has 2 atom stereocenters. The molecule has 2 unspecified atom stereocenters. The van der Waals surface area contributed by atoms with Gasteiger partial charge in [-0.3, -0.25) is 4.57 Å². The Morgan fingerprint density at radius 1 is 1.80 bits per heavy atom. The second-order valence-corrected chi connectivity index (χ2v) is 5.70. The average molecular weight is 229 g/mol. The summed E-state index contributed by atoms with van der Waals surface area (Å²) >= 11 is 3.08. The maximum atomic E-state index is 11.3. The smallest absolute Gasteiger partial charge is 0.308 e. The van der Waals surface area contributed by atoms with Gasteiger partial charge in [0, 0.05) is 0 Å². The Morgan fingerprint density at radius 2 is 2.50 bits per heavy atom. The third kappa shape index (κ3) is 2.06. The second-order valence-electron chi connectivity index (χ2n) is 2.27. The van der Waals surface area contributed by atoms with Crippen LogP contribution in [0.5, 0.6) is 0 Å². The first-order valence-electron chi connectivity index (χ1n) is 3.14. The van der Waals surface area contributed by atoms with Crippen molar-refractivity contribution in [2.24, 2.45) is 0 Å². The Labute approximate surface area is 68.8 Å². The van der Waals surface area contributed by atoms with Crippen LogP contribution in [-0.4, -0.2) is 17.8 Å². The zero-order chi connectivity index (χ0) is 7.61. The van der Waals surface area contributed by atoms with Crippen molar-refractivity contribution in [1.29, 1.82) is 0 Å². The van der Waals surface area contributed by atoms with Crippen LogP contribution in [0, 0.1) is 0 Å². The molecular weight excluding hydrogens is 219 g/mol. The molecule has 0 aliphatic carbocycles. The molecule has 0 spiro atoms. The lowest BCUT2D eigenvalue weighted by Crippen LogP contribution is -2.17. The molecule has 0 amide bonds.